The number of aromatic nitrogens is 2. The number of carboxylic acids is 1. The lowest BCUT2D eigenvalue weighted by atomic mass is 10.0. The highest BCUT2D eigenvalue weighted by Crippen LogP contribution is 2.32. The van der Waals surface area contributed by atoms with Crippen LogP contribution < -0.4 is 0 Å². The number of hydrogen-bond donors (Lipinski definition) is 1. The van der Waals surface area contributed by atoms with Gasteiger partial charge in [-0.25, -0.2) is 4.79 Å². The van der Waals surface area contributed by atoms with Crippen molar-refractivity contribution in [3.05, 3.63) is 23.5 Å². The van der Waals surface area contributed by atoms with Crippen molar-refractivity contribution in [3.8, 4) is 0 Å². The van der Waals surface area contributed by atoms with Crippen molar-refractivity contribution in [2.75, 3.05) is 0 Å². The molecule has 0 unspecified atom stereocenters. The molecule has 0 radical (unpaired) electrons. The first-order valence-corrected chi connectivity index (χ1v) is 4.83. The van der Waals surface area contributed by atoms with Gasteiger partial charge in [0, 0.05) is 5.92 Å². The molecule has 1 saturated carbocycles. The second kappa shape index (κ2) is 3.74. The van der Waals surface area contributed by atoms with Gasteiger partial charge in [0.25, 0.3) is 0 Å². The highest BCUT2D eigenvalue weighted by molar-refractivity contribution is 5.87. The van der Waals surface area contributed by atoms with E-state index in [-0.39, 0.29) is 5.56 Å². The van der Waals surface area contributed by atoms with E-state index in [1.54, 1.807) is 6.07 Å². The van der Waals surface area contributed by atoms with Crippen molar-refractivity contribution in [2.45, 2.75) is 31.6 Å². The van der Waals surface area contributed by atoms with E-state index in [0.717, 1.165) is 18.5 Å². The van der Waals surface area contributed by atoms with E-state index in [2.05, 4.69) is 10.2 Å². The van der Waals surface area contributed by atoms with E-state index in [1.165, 1.54) is 19.0 Å². The lowest BCUT2D eigenvalue weighted by molar-refractivity contribution is 0.0696. The Morgan fingerprint density at radius 1 is 1.43 bits per heavy atom. The van der Waals surface area contributed by atoms with E-state index in [0.29, 0.717) is 5.92 Å². The lowest BCUT2D eigenvalue weighted by Crippen LogP contribution is -2.04. The Hall–Kier alpha value is -1.45. The molecule has 1 aromatic heterocycles. The van der Waals surface area contributed by atoms with Crippen molar-refractivity contribution in [3.63, 3.8) is 0 Å². The fraction of sp³-hybridized carbons (Fsp3) is 0.500. The maximum atomic E-state index is 10.7. The number of carbonyl (C=O) groups is 1. The number of nitrogens with zero attached hydrogens (tertiary/aromatic N) is 2. The second-order valence-electron chi connectivity index (χ2n) is 3.66. The Labute approximate surface area is 82.0 Å². The predicted octanol–water partition coefficient (Wildman–Crippen LogP) is 1.83. The first kappa shape index (κ1) is 9.12. The molecule has 0 amide bonds. The quantitative estimate of drug-likeness (QED) is 0.776. The zero-order valence-corrected chi connectivity index (χ0v) is 7.81. The summed E-state index contributed by atoms with van der Waals surface area (Å²) in [7, 11) is 0. The van der Waals surface area contributed by atoms with Gasteiger partial charge in [0.05, 0.1) is 17.5 Å². The van der Waals surface area contributed by atoms with Crippen LogP contribution in [0.1, 0.15) is 47.7 Å². The molecule has 14 heavy (non-hydrogen) atoms. The van der Waals surface area contributed by atoms with E-state index in [9.17, 15) is 4.79 Å². The smallest absolute Gasteiger partial charge is 0.337 e. The van der Waals surface area contributed by atoms with E-state index >= 15 is 0 Å². The van der Waals surface area contributed by atoms with Crippen molar-refractivity contribution < 1.29 is 9.90 Å². The average Bonchev–Trinajstić information content (AvgIpc) is 2.71. The van der Waals surface area contributed by atoms with Crippen LogP contribution in [0.15, 0.2) is 12.3 Å². The summed E-state index contributed by atoms with van der Waals surface area (Å²) in [5.41, 5.74) is 1.07. The summed E-state index contributed by atoms with van der Waals surface area (Å²) < 4.78 is 0. The Morgan fingerprint density at radius 3 is 2.79 bits per heavy atom. The Bertz CT molecular complexity index is 346. The number of rotatable bonds is 2. The summed E-state index contributed by atoms with van der Waals surface area (Å²) in [4.78, 5) is 10.7. The number of aromatic carboxylic acids is 1. The van der Waals surface area contributed by atoms with Crippen LogP contribution in [-0.2, 0) is 0 Å². The molecule has 1 aliphatic rings. The molecule has 1 N–H and O–H groups in total. The molecule has 2 rings (SSSR count). The second-order valence-corrected chi connectivity index (χ2v) is 3.66. The monoisotopic (exact) mass is 192 g/mol. The van der Waals surface area contributed by atoms with Crippen LogP contribution in [0.3, 0.4) is 0 Å². The SMILES string of the molecule is O=C(O)c1cnnc(C2CCCC2)c1. The molecule has 0 spiro atoms. The van der Waals surface area contributed by atoms with E-state index in [4.69, 9.17) is 5.11 Å². The van der Waals surface area contributed by atoms with Gasteiger partial charge < -0.3 is 5.11 Å². The van der Waals surface area contributed by atoms with Gasteiger partial charge in [0.15, 0.2) is 0 Å². The minimum Gasteiger partial charge on any atom is -0.478 e. The summed E-state index contributed by atoms with van der Waals surface area (Å²) in [5.74, 6) is -0.513. The summed E-state index contributed by atoms with van der Waals surface area (Å²) in [5, 5.41) is 16.5. The van der Waals surface area contributed by atoms with Crippen LogP contribution in [-0.4, -0.2) is 21.3 Å². The van der Waals surface area contributed by atoms with Gasteiger partial charge in [-0.2, -0.15) is 10.2 Å². The van der Waals surface area contributed by atoms with Gasteiger partial charge >= 0.3 is 5.97 Å². The van der Waals surface area contributed by atoms with Crippen molar-refractivity contribution in [2.24, 2.45) is 0 Å². The van der Waals surface area contributed by atoms with Gasteiger partial charge in [-0.1, -0.05) is 12.8 Å². The van der Waals surface area contributed by atoms with Gasteiger partial charge in [-0.05, 0) is 18.9 Å². The Balaban J connectivity index is 2.25. The molecule has 4 heteroatoms. The predicted molar refractivity (Wildman–Crippen MR) is 50.2 cm³/mol. The molecule has 0 aromatic carbocycles. The van der Waals surface area contributed by atoms with Crippen LogP contribution >= 0.6 is 0 Å². The maximum absolute atomic E-state index is 10.7. The Kier molecular flexibility index (Phi) is 2.43. The lowest BCUT2D eigenvalue weighted by Gasteiger charge is -2.06. The fourth-order valence-corrected chi connectivity index (χ4v) is 1.92. The van der Waals surface area contributed by atoms with Crippen LogP contribution in [0.5, 0.6) is 0 Å². The van der Waals surface area contributed by atoms with Crippen LogP contribution in [0, 0.1) is 0 Å². The van der Waals surface area contributed by atoms with Crippen LogP contribution in [0.25, 0.3) is 0 Å². The van der Waals surface area contributed by atoms with Crippen molar-refractivity contribution in [1.82, 2.24) is 10.2 Å². The normalized spacial score (nSPS) is 17.1. The number of hydrogen-bond acceptors (Lipinski definition) is 3. The first-order valence-electron chi connectivity index (χ1n) is 4.83. The van der Waals surface area contributed by atoms with Crippen LogP contribution in [0.2, 0.25) is 0 Å². The minimum absolute atomic E-state index is 0.238. The third-order valence-corrected chi connectivity index (χ3v) is 2.69. The van der Waals surface area contributed by atoms with Gasteiger partial charge in [0.2, 0.25) is 0 Å². The molecule has 1 fully saturated rings. The standard InChI is InChI=1S/C10H12N2O2/c13-10(14)8-5-9(12-11-6-8)7-3-1-2-4-7/h5-7H,1-4H2,(H,13,14). The first-order chi connectivity index (χ1) is 6.77. The summed E-state index contributed by atoms with van der Waals surface area (Å²) in [6.07, 6.45) is 5.93. The summed E-state index contributed by atoms with van der Waals surface area (Å²) >= 11 is 0. The van der Waals surface area contributed by atoms with Gasteiger partial charge in [-0.15, -0.1) is 0 Å². The molecule has 4 nitrogen and oxygen atoms in total. The molecule has 0 aliphatic heterocycles. The molecular weight excluding hydrogens is 180 g/mol. The zero-order chi connectivity index (χ0) is 9.97. The molecule has 1 aromatic rings. The third kappa shape index (κ3) is 1.73. The highest BCUT2D eigenvalue weighted by atomic mass is 16.4. The molecule has 0 atom stereocenters. The third-order valence-electron chi connectivity index (χ3n) is 2.69. The average molecular weight is 192 g/mol. The van der Waals surface area contributed by atoms with Gasteiger partial charge in [-0.3, -0.25) is 0 Å². The summed E-state index contributed by atoms with van der Waals surface area (Å²) in [6, 6.07) is 1.64. The molecular formula is C10H12N2O2. The largest absolute Gasteiger partial charge is 0.478 e. The topological polar surface area (TPSA) is 63.1 Å². The Morgan fingerprint density at radius 2 is 2.14 bits per heavy atom. The van der Waals surface area contributed by atoms with Crippen molar-refractivity contribution >= 4 is 5.97 Å². The molecule has 1 aliphatic carbocycles. The minimum atomic E-state index is -0.931. The zero-order valence-electron chi connectivity index (χ0n) is 7.81. The molecule has 74 valence electrons. The van der Waals surface area contributed by atoms with Crippen molar-refractivity contribution in [1.29, 1.82) is 0 Å². The maximum Gasteiger partial charge on any atom is 0.337 e. The highest BCUT2D eigenvalue weighted by Gasteiger charge is 2.19. The molecule has 1 heterocycles. The number of carboxylic acid groups (broad SMARTS) is 1. The van der Waals surface area contributed by atoms with E-state index in [1.807, 2.05) is 0 Å². The summed E-state index contributed by atoms with van der Waals surface area (Å²) in [6.45, 7) is 0. The van der Waals surface area contributed by atoms with E-state index < -0.39 is 5.97 Å². The molecule has 0 bridgehead atoms. The molecule has 0 saturated heterocycles. The van der Waals surface area contributed by atoms with Crippen LogP contribution in [0.4, 0.5) is 0 Å². The fourth-order valence-electron chi connectivity index (χ4n) is 1.92. The van der Waals surface area contributed by atoms with Gasteiger partial charge in [0.1, 0.15) is 0 Å².